The van der Waals surface area contributed by atoms with Gasteiger partial charge < -0.3 is 14.4 Å². The number of pyridine rings is 1. The van der Waals surface area contributed by atoms with Crippen molar-refractivity contribution in [3.8, 4) is 5.88 Å². The summed E-state index contributed by atoms with van der Waals surface area (Å²) >= 11 is 0. The van der Waals surface area contributed by atoms with Crippen molar-refractivity contribution in [3.05, 3.63) is 23.9 Å². The number of hydrogen-bond donors (Lipinski definition) is 0. The van der Waals surface area contributed by atoms with Crippen LogP contribution >= 0.6 is 0 Å². The number of rotatable bonds is 4. The Labute approximate surface area is 165 Å². The standard InChI is InChI=1S/C19H27N3O5S/c1-3-28(24,25)22-15-4-5-16(22)12-19(11-15)13-21(8-9-27-19)18(23)14-6-7-20-17(10-14)26-2/h6-7,10,15-16H,3-5,8-9,11-13H2,1-2H3/t15-,16+,19?. The van der Waals surface area contributed by atoms with E-state index >= 15 is 0 Å². The van der Waals surface area contributed by atoms with Crippen molar-refractivity contribution in [2.24, 2.45) is 0 Å². The number of aromatic nitrogens is 1. The molecule has 3 atom stereocenters. The molecule has 3 fully saturated rings. The van der Waals surface area contributed by atoms with E-state index in [1.165, 1.54) is 7.11 Å². The molecule has 0 aliphatic carbocycles. The average molecular weight is 410 g/mol. The third kappa shape index (κ3) is 3.40. The summed E-state index contributed by atoms with van der Waals surface area (Å²) in [7, 11) is -1.69. The van der Waals surface area contributed by atoms with Gasteiger partial charge in [0.15, 0.2) is 0 Å². The van der Waals surface area contributed by atoms with Crippen LogP contribution in [0, 0.1) is 0 Å². The maximum absolute atomic E-state index is 13.0. The van der Waals surface area contributed by atoms with E-state index in [0.717, 1.165) is 12.8 Å². The lowest BCUT2D eigenvalue weighted by Crippen LogP contribution is -2.61. The highest BCUT2D eigenvalue weighted by Gasteiger charge is 2.54. The summed E-state index contributed by atoms with van der Waals surface area (Å²) in [4.78, 5) is 18.9. The zero-order valence-corrected chi connectivity index (χ0v) is 17.2. The number of ether oxygens (including phenoxy) is 2. The van der Waals surface area contributed by atoms with Crippen LogP contribution in [0.25, 0.3) is 0 Å². The summed E-state index contributed by atoms with van der Waals surface area (Å²) in [5.74, 6) is 0.465. The highest BCUT2D eigenvalue weighted by molar-refractivity contribution is 7.89. The molecule has 28 heavy (non-hydrogen) atoms. The number of carbonyl (C=O) groups excluding carboxylic acids is 1. The van der Waals surface area contributed by atoms with E-state index in [0.29, 0.717) is 44.0 Å². The van der Waals surface area contributed by atoms with Crippen molar-refractivity contribution in [3.63, 3.8) is 0 Å². The van der Waals surface area contributed by atoms with Crippen LogP contribution < -0.4 is 4.74 Å². The zero-order valence-electron chi connectivity index (χ0n) is 16.3. The fraction of sp³-hybridized carbons (Fsp3) is 0.684. The van der Waals surface area contributed by atoms with Gasteiger partial charge in [0, 0.05) is 36.5 Å². The third-order valence-corrected chi connectivity index (χ3v) is 8.15. The van der Waals surface area contributed by atoms with Crippen LogP contribution in [0.2, 0.25) is 0 Å². The second kappa shape index (κ2) is 7.27. The minimum atomic E-state index is -3.22. The van der Waals surface area contributed by atoms with E-state index in [9.17, 15) is 13.2 Å². The molecule has 2 bridgehead atoms. The molecule has 1 aromatic rings. The van der Waals surface area contributed by atoms with Crippen LogP contribution in [0.3, 0.4) is 0 Å². The molecule has 1 unspecified atom stereocenters. The van der Waals surface area contributed by atoms with Gasteiger partial charge in [-0.2, -0.15) is 4.31 Å². The number of sulfonamides is 1. The lowest BCUT2D eigenvalue weighted by molar-refractivity contribution is -0.132. The summed E-state index contributed by atoms with van der Waals surface area (Å²) in [5.41, 5.74) is 0.0780. The van der Waals surface area contributed by atoms with E-state index in [2.05, 4.69) is 4.98 Å². The average Bonchev–Trinajstić information content (AvgIpc) is 3.01. The Morgan fingerprint density at radius 3 is 2.71 bits per heavy atom. The predicted octanol–water partition coefficient (Wildman–Crippen LogP) is 1.28. The molecule has 9 heteroatoms. The highest BCUT2D eigenvalue weighted by Crippen LogP contribution is 2.45. The molecule has 0 aromatic carbocycles. The lowest BCUT2D eigenvalue weighted by Gasteiger charge is -2.49. The van der Waals surface area contributed by atoms with Crippen LogP contribution in [0.4, 0.5) is 0 Å². The molecule has 0 saturated carbocycles. The van der Waals surface area contributed by atoms with E-state index in [1.54, 1.807) is 29.6 Å². The first-order chi connectivity index (χ1) is 13.4. The van der Waals surface area contributed by atoms with E-state index in [1.807, 2.05) is 4.90 Å². The number of nitrogens with zero attached hydrogens (tertiary/aromatic N) is 3. The first-order valence-electron chi connectivity index (χ1n) is 9.82. The van der Waals surface area contributed by atoms with Crippen molar-refractivity contribution in [1.29, 1.82) is 0 Å². The summed E-state index contributed by atoms with van der Waals surface area (Å²) in [5, 5.41) is 0. The zero-order chi connectivity index (χ0) is 19.9. The third-order valence-electron chi connectivity index (χ3n) is 6.18. The van der Waals surface area contributed by atoms with Crippen LogP contribution in [-0.2, 0) is 14.8 Å². The number of amides is 1. The van der Waals surface area contributed by atoms with E-state index < -0.39 is 15.6 Å². The van der Waals surface area contributed by atoms with Crippen molar-refractivity contribution in [2.75, 3.05) is 32.6 Å². The van der Waals surface area contributed by atoms with Gasteiger partial charge in [-0.05, 0) is 38.7 Å². The first-order valence-corrected chi connectivity index (χ1v) is 11.4. The van der Waals surface area contributed by atoms with Crippen molar-refractivity contribution >= 4 is 15.9 Å². The molecule has 4 heterocycles. The summed E-state index contributed by atoms with van der Waals surface area (Å²) in [6.07, 6.45) is 4.59. The minimum Gasteiger partial charge on any atom is -0.481 e. The second-order valence-electron chi connectivity index (χ2n) is 7.87. The quantitative estimate of drug-likeness (QED) is 0.744. The molecule has 0 radical (unpaired) electrons. The molecule has 1 aromatic heterocycles. The number of methoxy groups -OCH3 is 1. The summed E-state index contributed by atoms with van der Waals surface area (Å²) < 4.78 is 38.0. The number of carbonyl (C=O) groups is 1. The van der Waals surface area contributed by atoms with Gasteiger partial charge >= 0.3 is 0 Å². The van der Waals surface area contributed by atoms with Crippen molar-refractivity contribution in [1.82, 2.24) is 14.2 Å². The van der Waals surface area contributed by atoms with Gasteiger partial charge in [0.1, 0.15) is 0 Å². The van der Waals surface area contributed by atoms with Gasteiger partial charge in [-0.15, -0.1) is 0 Å². The van der Waals surface area contributed by atoms with Crippen LogP contribution in [0.15, 0.2) is 18.3 Å². The second-order valence-corrected chi connectivity index (χ2v) is 10.0. The SMILES string of the molecule is CCS(=O)(=O)N1[C@@H]2CC[C@H]1CC1(C2)CN(C(=O)c2ccnc(OC)c2)CCO1. The topological polar surface area (TPSA) is 89.0 Å². The molecule has 0 N–H and O–H groups in total. The van der Waals surface area contributed by atoms with Gasteiger partial charge in [-0.3, -0.25) is 4.79 Å². The van der Waals surface area contributed by atoms with E-state index in [4.69, 9.17) is 9.47 Å². The molecule has 8 nitrogen and oxygen atoms in total. The Bertz CT molecular complexity index is 845. The maximum Gasteiger partial charge on any atom is 0.254 e. The Hall–Kier alpha value is -1.71. The normalized spacial score (nSPS) is 30.6. The Kier molecular flexibility index (Phi) is 5.09. The Morgan fingerprint density at radius 2 is 2.07 bits per heavy atom. The van der Waals surface area contributed by atoms with E-state index in [-0.39, 0.29) is 23.7 Å². The largest absolute Gasteiger partial charge is 0.481 e. The van der Waals surface area contributed by atoms with Crippen LogP contribution in [-0.4, -0.2) is 78.8 Å². The smallest absolute Gasteiger partial charge is 0.254 e. The molecule has 1 amide bonds. The lowest BCUT2D eigenvalue weighted by atomic mass is 9.85. The highest BCUT2D eigenvalue weighted by atomic mass is 32.2. The summed E-state index contributed by atoms with van der Waals surface area (Å²) in [6.45, 7) is 3.18. The fourth-order valence-corrected chi connectivity index (χ4v) is 6.54. The Balaban J connectivity index is 1.52. The van der Waals surface area contributed by atoms with Gasteiger partial charge in [-0.1, -0.05) is 0 Å². The number of morpholine rings is 1. The molecule has 3 aliphatic heterocycles. The molecule has 154 valence electrons. The monoisotopic (exact) mass is 409 g/mol. The molecule has 1 spiro atoms. The fourth-order valence-electron chi connectivity index (χ4n) is 4.97. The van der Waals surface area contributed by atoms with Crippen molar-refractivity contribution < 1.29 is 22.7 Å². The van der Waals surface area contributed by atoms with Crippen LogP contribution in [0.1, 0.15) is 43.0 Å². The number of fused-ring (bicyclic) bond motifs is 2. The number of hydrogen-bond acceptors (Lipinski definition) is 6. The Morgan fingerprint density at radius 1 is 1.36 bits per heavy atom. The summed E-state index contributed by atoms with van der Waals surface area (Å²) in [6, 6.07) is 3.28. The minimum absolute atomic E-state index is 0.0280. The molecule has 4 rings (SSSR count). The molecular weight excluding hydrogens is 382 g/mol. The first kappa shape index (κ1) is 19.6. The molecule has 3 aliphatic rings. The van der Waals surface area contributed by atoms with Crippen LogP contribution in [0.5, 0.6) is 5.88 Å². The van der Waals surface area contributed by atoms with Gasteiger partial charge in [0.05, 0.1) is 31.6 Å². The van der Waals surface area contributed by atoms with Crippen molar-refractivity contribution in [2.45, 2.75) is 50.3 Å². The molecule has 3 saturated heterocycles. The van der Waals surface area contributed by atoms with Gasteiger partial charge in [-0.25, -0.2) is 13.4 Å². The maximum atomic E-state index is 13.0. The van der Waals surface area contributed by atoms with Gasteiger partial charge in [0.25, 0.3) is 5.91 Å². The number of piperidine rings is 1. The predicted molar refractivity (Wildman–Crippen MR) is 103 cm³/mol. The molecular formula is C19H27N3O5S. The van der Waals surface area contributed by atoms with Gasteiger partial charge in [0.2, 0.25) is 15.9 Å².